The number of carbonyl (C=O) groups is 2. The van der Waals surface area contributed by atoms with Crippen LogP contribution < -0.4 is 10.1 Å². The van der Waals surface area contributed by atoms with Gasteiger partial charge in [0.05, 0.1) is 0 Å². The van der Waals surface area contributed by atoms with Crippen LogP contribution in [0.3, 0.4) is 0 Å². The molecule has 0 saturated carbocycles. The van der Waals surface area contributed by atoms with Gasteiger partial charge in [0.2, 0.25) is 11.8 Å². The second kappa shape index (κ2) is 5.62. The Morgan fingerprint density at radius 2 is 1.84 bits per heavy atom. The van der Waals surface area contributed by atoms with Gasteiger partial charge < -0.3 is 15.0 Å². The Bertz CT molecular complexity index is 836. The van der Waals surface area contributed by atoms with Crippen LogP contribution in [0.1, 0.15) is 24.8 Å². The van der Waals surface area contributed by atoms with Crippen LogP contribution in [0.5, 0.6) is 5.75 Å². The highest BCUT2D eigenvalue weighted by atomic mass is 16.5. The molecule has 2 heterocycles. The summed E-state index contributed by atoms with van der Waals surface area (Å²) < 4.78 is 6.09. The number of nitrogens with one attached hydrogen (secondary N) is 1. The minimum Gasteiger partial charge on any atom is -0.468 e. The minimum atomic E-state index is -0.761. The molecule has 0 aromatic heterocycles. The number of para-hydroxylation sites is 2. The highest BCUT2D eigenvalue weighted by Crippen LogP contribution is 2.49. The van der Waals surface area contributed by atoms with Crippen molar-refractivity contribution in [3.8, 4) is 5.75 Å². The van der Waals surface area contributed by atoms with E-state index in [0.717, 1.165) is 11.3 Å². The van der Waals surface area contributed by atoms with Crippen molar-refractivity contribution < 1.29 is 14.3 Å². The summed E-state index contributed by atoms with van der Waals surface area (Å²) in [6.07, 6.45) is 0.596. The summed E-state index contributed by atoms with van der Waals surface area (Å²) in [6, 6.07) is 16.9. The smallest absolute Gasteiger partial charge is 0.238 e. The lowest BCUT2D eigenvalue weighted by Gasteiger charge is -2.51. The van der Waals surface area contributed by atoms with Gasteiger partial charge in [-0.15, -0.1) is 0 Å². The number of anilines is 1. The van der Waals surface area contributed by atoms with Crippen LogP contribution in [0.25, 0.3) is 0 Å². The maximum Gasteiger partial charge on any atom is 0.238 e. The number of piperidine rings is 1. The van der Waals surface area contributed by atoms with Crippen molar-refractivity contribution in [2.45, 2.75) is 25.0 Å². The van der Waals surface area contributed by atoms with E-state index >= 15 is 0 Å². The first-order valence-corrected chi connectivity index (χ1v) is 8.41. The normalized spacial score (nSPS) is 27.3. The van der Waals surface area contributed by atoms with Crippen LogP contribution in [-0.4, -0.2) is 29.5 Å². The average molecular weight is 336 g/mol. The predicted octanol–water partition coefficient (Wildman–Crippen LogP) is 3.00. The summed E-state index contributed by atoms with van der Waals surface area (Å²) in [5, 5.41) is 2.88. The summed E-state index contributed by atoms with van der Waals surface area (Å²) in [7, 11) is 1.70. The Kier molecular flexibility index (Phi) is 3.53. The summed E-state index contributed by atoms with van der Waals surface area (Å²) >= 11 is 0. The summed E-state index contributed by atoms with van der Waals surface area (Å²) in [6.45, 7) is 1.90. The summed E-state index contributed by atoms with van der Waals surface area (Å²) in [5.74, 6) is -0.683. The lowest BCUT2D eigenvalue weighted by Crippen LogP contribution is -2.62. The lowest BCUT2D eigenvalue weighted by molar-refractivity contribution is -0.170. The Morgan fingerprint density at radius 3 is 2.60 bits per heavy atom. The number of benzene rings is 2. The van der Waals surface area contributed by atoms with Crippen molar-refractivity contribution in [2.75, 3.05) is 12.4 Å². The van der Waals surface area contributed by atoms with Gasteiger partial charge >= 0.3 is 0 Å². The molecule has 128 valence electrons. The van der Waals surface area contributed by atoms with E-state index in [9.17, 15) is 9.59 Å². The zero-order valence-corrected chi connectivity index (χ0v) is 14.2. The molecule has 0 radical (unpaired) electrons. The second-order valence-corrected chi connectivity index (χ2v) is 6.86. The van der Waals surface area contributed by atoms with Gasteiger partial charge in [0.25, 0.3) is 0 Å². The predicted molar refractivity (Wildman–Crippen MR) is 94.2 cm³/mol. The second-order valence-electron chi connectivity index (χ2n) is 6.86. The van der Waals surface area contributed by atoms with E-state index < -0.39 is 11.6 Å². The van der Waals surface area contributed by atoms with Crippen LogP contribution in [0.15, 0.2) is 54.6 Å². The van der Waals surface area contributed by atoms with Crippen molar-refractivity contribution in [2.24, 2.45) is 5.92 Å². The molecule has 3 atom stereocenters. The SMILES string of the molecule is CN1C(=O)[C@@H](C(=O)Nc2ccccc2)[C@@H]2C[C@@]1(C)Oc1ccccc12. The first kappa shape index (κ1) is 15.7. The van der Waals surface area contributed by atoms with Crippen molar-refractivity contribution in [1.29, 1.82) is 0 Å². The highest BCUT2D eigenvalue weighted by Gasteiger charge is 2.54. The van der Waals surface area contributed by atoms with Gasteiger partial charge in [0.1, 0.15) is 11.7 Å². The van der Waals surface area contributed by atoms with Crippen LogP contribution >= 0.6 is 0 Å². The number of hydrogen-bond acceptors (Lipinski definition) is 3. The van der Waals surface area contributed by atoms with Crippen molar-refractivity contribution in [3.05, 3.63) is 60.2 Å². The van der Waals surface area contributed by atoms with Crippen LogP contribution in [0.2, 0.25) is 0 Å². The van der Waals surface area contributed by atoms with E-state index in [1.54, 1.807) is 11.9 Å². The number of rotatable bonds is 2. The molecular formula is C20H20N2O3. The Morgan fingerprint density at radius 1 is 1.16 bits per heavy atom. The first-order valence-electron chi connectivity index (χ1n) is 8.41. The lowest BCUT2D eigenvalue weighted by atomic mass is 9.73. The highest BCUT2D eigenvalue weighted by molar-refractivity contribution is 6.08. The van der Waals surface area contributed by atoms with E-state index in [1.807, 2.05) is 61.5 Å². The van der Waals surface area contributed by atoms with Crippen molar-refractivity contribution >= 4 is 17.5 Å². The summed E-state index contributed by atoms with van der Waals surface area (Å²) in [4.78, 5) is 27.5. The fourth-order valence-electron chi connectivity index (χ4n) is 3.83. The van der Waals surface area contributed by atoms with Crippen molar-refractivity contribution in [1.82, 2.24) is 4.90 Å². The zero-order valence-electron chi connectivity index (χ0n) is 14.2. The molecule has 0 aliphatic carbocycles. The molecule has 2 amide bonds. The van der Waals surface area contributed by atoms with Crippen LogP contribution in [-0.2, 0) is 9.59 Å². The molecule has 2 aromatic rings. The molecule has 2 aliphatic rings. The molecule has 1 saturated heterocycles. The van der Waals surface area contributed by atoms with E-state index in [4.69, 9.17) is 4.74 Å². The van der Waals surface area contributed by atoms with Gasteiger partial charge in [0.15, 0.2) is 5.72 Å². The largest absolute Gasteiger partial charge is 0.468 e. The molecule has 1 N–H and O–H groups in total. The molecule has 5 heteroatoms. The molecule has 5 nitrogen and oxygen atoms in total. The summed E-state index contributed by atoms with van der Waals surface area (Å²) in [5.41, 5.74) is 0.894. The molecular weight excluding hydrogens is 316 g/mol. The topological polar surface area (TPSA) is 58.6 Å². The number of fused-ring (bicyclic) bond motifs is 4. The molecule has 0 spiro atoms. The molecule has 2 aromatic carbocycles. The Hall–Kier alpha value is -2.82. The number of nitrogens with zero attached hydrogens (tertiary/aromatic N) is 1. The maximum atomic E-state index is 13.0. The number of hydrogen-bond donors (Lipinski definition) is 1. The van der Waals surface area contributed by atoms with E-state index in [-0.39, 0.29) is 17.7 Å². The van der Waals surface area contributed by atoms with Crippen LogP contribution in [0, 0.1) is 5.92 Å². The molecule has 4 rings (SSSR count). The number of likely N-dealkylation sites (tertiary alicyclic amines) is 1. The van der Waals surface area contributed by atoms with Gasteiger partial charge in [-0.25, -0.2) is 0 Å². The number of amides is 2. The van der Waals surface area contributed by atoms with E-state index in [2.05, 4.69) is 5.32 Å². The fourth-order valence-corrected chi connectivity index (χ4v) is 3.83. The fraction of sp³-hybridized carbons (Fsp3) is 0.300. The van der Waals surface area contributed by atoms with Crippen LogP contribution in [0.4, 0.5) is 5.69 Å². The van der Waals surface area contributed by atoms with E-state index in [0.29, 0.717) is 12.1 Å². The maximum absolute atomic E-state index is 13.0. The van der Waals surface area contributed by atoms with Gasteiger partial charge in [-0.2, -0.15) is 0 Å². The minimum absolute atomic E-state index is 0.192. The van der Waals surface area contributed by atoms with Gasteiger partial charge in [-0.3, -0.25) is 9.59 Å². The zero-order chi connectivity index (χ0) is 17.6. The standard InChI is InChI=1S/C20H20N2O3/c1-20-12-15(14-10-6-7-11-16(14)25-20)17(19(24)22(20)2)18(23)21-13-8-4-3-5-9-13/h3-11,15,17H,12H2,1-2H3,(H,21,23)/t15-,17-,20-/m1/s1. The molecule has 0 unspecified atom stereocenters. The average Bonchev–Trinajstić information content (AvgIpc) is 2.61. The quantitative estimate of drug-likeness (QED) is 0.858. The molecule has 2 bridgehead atoms. The molecule has 1 fully saturated rings. The third-order valence-corrected chi connectivity index (χ3v) is 5.28. The monoisotopic (exact) mass is 336 g/mol. The Labute approximate surface area is 146 Å². The number of carbonyl (C=O) groups excluding carboxylic acids is 2. The van der Waals surface area contributed by atoms with Gasteiger partial charge in [0, 0.05) is 25.1 Å². The van der Waals surface area contributed by atoms with Crippen molar-refractivity contribution in [3.63, 3.8) is 0 Å². The molecule has 2 aliphatic heterocycles. The Balaban J connectivity index is 1.73. The van der Waals surface area contributed by atoms with Gasteiger partial charge in [-0.1, -0.05) is 36.4 Å². The van der Waals surface area contributed by atoms with Gasteiger partial charge in [-0.05, 0) is 30.7 Å². The third-order valence-electron chi connectivity index (χ3n) is 5.28. The molecule has 25 heavy (non-hydrogen) atoms. The third kappa shape index (κ3) is 2.47. The number of ether oxygens (including phenoxy) is 1. The van der Waals surface area contributed by atoms with E-state index in [1.165, 1.54) is 0 Å². The first-order chi connectivity index (χ1) is 12.0.